The van der Waals surface area contributed by atoms with Gasteiger partial charge in [-0.2, -0.15) is 4.31 Å². The normalized spacial score (nSPS) is 24.2. The number of nitrogens with zero attached hydrogens (tertiary/aromatic N) is 4. The van der Waals surface area contributed by atoms with Crippen LogP contribution in [0.4, 0.5) is 0 Å². The molecule has 1 unspecified atom stereocenters. The van der Waals surface area contributed by atoms with Crippen LogP contribution in [0.25, 0.3) is 0 Å². The molecule has 2 aliphatic heterocycles. The fourth-order valence-electron chi connectivity index (χ4n) is 5.01. The van der Waals surface area contributed by atoms with E-state index in [1.165, 1.54) is 22.5 Å². The third-order valence-corrected chi connectivity index (χ3v) is 8.65. The van der Waals surface area contributed by atoms with Gasteiger partial charge in [-0.1, -0.05) is 29.3 Å². The topological polar surface area (TPSA) is 73.8 Å². The Morgan fingerprint density at radius 3 is 2.48 bits per heavy atom. The van der Waals surface area contributed by atoms with Gasteiger partial charge in [0.1, 0.15) is 6.04 Å². The lowest BCUT2D eigenvalue weighted by Gasteiger charge is -2.41. The summed E-state index contributed by atoms with van der Waals surface area (Å²) in [5.74, 6) is -0.231. The predicted molar refractivity (Wildman–Crippen MR) is 129 cm³/mol. The lowest BCUT2D eigenvalue weighted by Crippen LogP contribution is -2.55. The van der Waals surface area contributed by atoms with Gasteiger partial charge < -0.3 is 9.80 Å². The fourth-order valence-corrected chi connectivity index (χ4v) is 7.63. The van der Waals surface area contributed by atoms with E-state index < -0.39 is 16.1 Å². The standard InChI is InChI=1S/C23H28Cl2N4O3S/c1-27(2)13-16-14-28(15-19-6-3-4-9-26-19)23(30)22-8-5-7-21(16)29(22)33(31,32)20-11-17(24)10-18(25)12-20/h3-4,6,9-12,16,21-22H,5,7-8,13-15H2,1-2H3/t16-,21-,22?/m0/s1. The third kappa shape index (κ3) is 5.20. The van der Waals surface area contributed by atoms with E-state index in [1.54, 1.807) is 11.1 Å². The molecule has 2 fully saturated rings. The number of carbonyl (C=O) groups excluding carboxylic acids is 1. The van der Waals surface area contributed by atoms with Crippen LogP contribution in [0.2, 0.25) is 10.0 Å². The van der Waals surface area contributed by atoms with Crippen LogP contribution in [0.3, 0.4) is 0 Å². The SMILES string of the molecule is CN(C)C[C@H]1CN(Cc2ccccn2)C(=O)C2CCC[C@@H]1N2S(=O)(=O)c1cc(Cl)cc(Cl)c1. The molecule has 33 heavy (non-hydrogen) atoms. The Labute approximate surface area is 205 Å². The highest BCUT2D eigenvalue weighted by Gasteiger charge is 2.50. The zero-order valence-corrected chi connectivity index (χ0v) is 21.0. The van der Waals surface area contributed by atoms with Crippen molar-refractivity contribution in [2.75, 3.05) is 27.2 Å². The zero-order chi connectivity index (χ0) is 23.8. The van der Waals surface area contributed by atoms with Crippen LogP contribution in [0.15, 0.2) is 47.5 Å². The molecule has 0 aliphatic carbocycles. The zero-order valence-electron chi connectivity index (χ0n) is 18.7. The number of fused-ring (bicyclic) bond motifs is 2. The Kier molecular flexibility index (Phi) is 7.31. The molecule has 1 aromatic heterocycles. The number of piperidine rings is 1. The number of benzene rings is 1. The number of pyridine rings is 1. The van der Waals surface area contributed by atoms with Gasteiger partial charge in [0.25, 0.3) is 0 Å². The van der Waals surface area contributed by atoms with Crippen LogP contribution in [0.5, 0.6) is 0 Å². The molecule has 3 atom stereocenters. The van der Waals surface area contributed by atoms with Crippen LogP contribution < -0.4 is 0 Å². The molecule has 178 valence electrons. The lowest BCUT2D eigenvalue weighted by atomic mass is 9.90. The Hall–Kier alpha value is -1.71. The van der Waals surface area contributed by atoms with Gasteiger partial charge in [-0.25, -0.2) is 8.42 Å². The van der Waals surface area contributed by atoms with Crippen LogP contribution in [0, 0.1) is 5.92 Å². The van der Waals surface area contributed by atoms with Crippen molar-refractivity contribution in [1.29, 1.82) is 0 Å². The van der Waals surface area contributed by atoms with Crippen molar-refractivity contribution in [3.63, 3.8) is 0 Å². The Morgan fingerprint density at radius 1 is 1.12 bits per heavy atom. The number of hydrogen-bond acceptors (Lipinski definition) is 5. The number of sulfonamides is 1. The van der Waals surface area contributed by atoms with E-state index in [9.17, 15) is 13.2 Å². The average Bonchev–Trinajstić information content (AvgIpc) is 2.82. The maximum absolute atomic E-state index is 13.9. The highest BCUT2D eigenvalue weighted by molar-refractivity contribution is 7.89. The van der Waals surface area contributed by atoms with E-state index in [-0.39, 0.29) is 32.8 Å². The van der Waals surface area contributed by atoms with Gasteiger partial charge in [0, 0.05) is 41.3 Å². The molecule has 1 amide bonds. The lowest BCUT2D eigenvalue weighted by molar-refractivity contribution is -0.135. The number of rotatable bonds is 6. The Bertz CT molecular complexity index is 1090. The summed E-state index contributed by atoms with van der Waals surface area (Å²) in [5, 5.41) is 0.489. The minimum atomic E-state index is -4.00. The second-order valence-electron chi connectivity index (χ2n) is 9.02. The minimum absolute atomic E-state index is 0.0199. The van der Waals surface area contributed by atoms with Crippen molar-refractivity contribution in [3.8, 4) is 0 Å². The van der Waals surface area contributed by atoms with Crippen molar-refractivity contribution in [2.45, 2.75) is 42.8 Å². The summed E-state index contributed by atoms with van der Waals surface area (Å²) < 4.78 is 29.3. The van der Waals surface area contributed by atoms with Crippen molar-refractivity contribution < 1.29 is 13.2 Å². The van der Waals surface area contributed by atoms with E-state index in [1.807, 2.05) is 37.2 Å². The molecule has 3 heterocycles. The highest BCUT2D eigenvalue weighted by atomic mass is 35.5. The summed E-state index contributed by atoms with van der Waals surface area (Å²) in [7, 11) is -0.0767. The number of aromatic nitrogens is 1. The quantitative estimate of drug-likeness (QED) is 0.594. The third-order valence-electron chi connectivity index (χ3n) is 6.30. The van der Waals surface area contributed by atoms with Gasteiger partial charge in [0.15, 0.2) is 0 Å². The second-order valence-corrected chi connectivity index (χ2v) is 11.7. The molecule has 0 spiro atoms. The van der Waals surface area contributed by atoms with Crippen molar-refractivity contribution in [3.05, 3.63) is 58.3 Å². The van der Waals surface area contributed by atoms with Crippen molar-refractivity contribution in [2.24, 2.45) is 5.92 Å². The number of carbonyl (C=O) groups is 1. The fraction of sp³-hybridized carbons (Fsp3) is 0.478. The number of hydrogen-bond donors (Lipinski definition) is 0. The number of halogens is 2. The summed E-state index contributed by atoms with van der Waals surface area (Å²) in [6, 6.07) is 8.85. The monoisotopic (exact) mass is 510 g/mol. The summed E-state index contributed by atoms with van der Waals surface area (Å²) in [6.07, 6.45) is 3.68. The Balaban J connectivity index is 1.77. The summed E-state index contributed by atoms with van der Waals surface area (Å²) >= 11 is 12.3. The molecule has 10 heteroatoms. The summed E-state index contributed by atoms with van der Waals surface area (Å²) in [4.78, 5) is 22.0. The summed E-state index contributed by atoms with van der Waals surface area (Å²) in [6.45, 7) is 1.48. The molecule has 0 N–H and O–H groups in total. The van der Waals surface area contributed by atoms with Crippen LogP contribution in [-0.2, 0) is 21.4 Å². The van der Waals surface area contributed by atoms with Crippen molar-refractivity contribution in [1.82, 2.24) is 19.1 Å². The molecule has 2 aliphatic rings. The van der Waals surface area contributed by atoms with E-state index in [4.69, 9.17) is 23.2 Å². The van der Waals surface area contributed by atoms with E-state index in [0.29, 0.717) is 32.5 Å². The van der Waals surface area contributed by atoms with Crippen LogP contribution >= 0.6 is 23.2 Å². The molecule has 7 nitrogen and oxygen atoms in total. The molecule has 1 aromatic carbocycles. The summed E-state index contributed by atoms with van der Waals surface area (Å²) in [5.41, 5.74) is 0.780. The largest absolute Gasteiger partial charge is 0.335 e. The van der Waals surface area contributed by atoms with Crippen molar-refractivity contribution >= 4 is 39.1 Å². The van der Waals surface area contributed by atoms with Gasteiger partial charge in [-0.15, -0.1) is 0 Å². The molecule has 2 saturated heterocycles. The first-order chi connectivity index (χ1) is 15.7. The first kappa shape index (κ1) is 24.4. The molecule has 4 rings (SSSR count). The van der Waals surface area contributed by atoms with E-state index in [0.717, 1.165) is 12.1 Å². The second kappa shape index (κ2) is 9.88. The molecule has 0 saturated carbocycles. The first-order valence-corrected chi connectivity index (χ1v) is 13.2. The van der Waals surface area contributed by atoms with Crippen LogP contribution in [0.1, 0.15) is 25.0 Å². The number of amides is 1. The maximum Gasteiger partial charge on any atom is 0.244 e. The molecule has 2 bridgehead atoms. The maximum atomic E-state index is 13.9. The first-order valence-electron chi connectivity index (χ1n) is 11.0. The average molecular weight is 511 g/mol. The highest BCUT2D eigenvalue weighted by Crippen LogP contribution is 2.38. The molecule has 2 aromatic rings. The molecular formula is C23H28Cl2N4O3S. The van der Waals surface area contributed by atoms with E-state index in [2.05, 4.69) is 4.98 Å². The Morgan fingerprint density at radius 2 is 1.85 bits per heavy atom. The van der Waals surface area contributed by atoms with Gasteiger partial charge in [-0.05, 0) is 63.7 Å². The van der Waals surface area contributed by atoms with Gasteiger partial charge in [0.05, 0.1) is 17.1 Å². The van der Waals surface area contributed by atoms with Gasteiger partial charge >= 0.3 is 0 Å². The molecule has 0 radical (unpaired) electrons. The predicted octanol–water partition coefficient (Wildman–Crippen LogP) is 3.52. The minimum Gasteiger partial charge on any atom is -0.335 e. The van der Waals surface area contributed by atoms with Gasteiger partial charge in [-0.3, -0.25) is 9.78 Å². The van der Waals surface area contributed by atoms with Gasteiger partial charge in [0.2, 0.25) is 15.9 Å². The van der Waals surface area contributed by atoms with E-state index >= 15 is 0 Å². The smallest absolute Gasteiger partial charge is 0.244 e. The van der Waals surface area contributed by atoms with Crippen LogP contribution in [-0.4, -0.2) is 72.7 Å². The molecular weight excluding hydrogens is 483 g/mol.